The third-order valence-electron chi connectivity index (χ3n) is 3.47. The first-order valence-corrected chi connectivity index (χ1v) is 7.19. The maximum atomic E-state index is 12.2. The number of hydrogen-bond donors (Lipinski definition) is 0. The average Bonchev–Trinajstić information content (AvgIpc) is 2.48. The van der Waals surface area contributed by atoms with Crippen LogP contribution in [-0.4, -0.2) is 24.6 Å². The van der Waals surface area contributed by atoms with Gasteiger partial charge in [0.1, 0.15) is 6.10 Å². The van der Waals surface area contributed by atoms with Crippen molar-refractivity contribution in [3.63, 3.8) is 0 Å². The van der Waals surface area contributed by atoms with E-state index in [9.17, 15) is 9.59 Å². The lowest BCUT2D eigenvalue weighted by Gasteiger charge is -2.22. The number of esters is 2. The lowest BCUT2D eigenvalue weighted by Crippen LogP contribution is -2.22. The molecular formula is C16H20O4. The molecule has 20 heavy (non-hydrogen) atoms. The van der Waals surface area contributed by atoms with Gasteiger partial charge in [0.2, 0.25) is 0 Å². The smallest absolute Gasteiger partial charge is 0.339 e. The third kappa shape index (κ3) is 3.59. The van der Waals surface area contributed by atoms with Gasteiger partial charge in [-0.1, -0.05) is 18.6 Å². The number of hydrogen-bond acceptors (Lipinski definition) is 4. The highest BCUT2D eigenvalue weighted by Crippen LogP contribution is 2.22. The summed E-state index contributed by atoms with van der Waals surface area (Å²) in [5.41, 5.74) is 0.562. The van der Waals surface area contributed by atoms with Gasteiger partial charge in [-0.15, -0.1) is 0 Å². The molecule has 1 aliphatic carbocycles. The fraction of sp³-hybridized carbons (Fsp3) is 0.500. The molecule has 1 aromatic carbocycles. The molecule has 1 saturated carbocycles. The first-order valence-electron chi connectivity index (χ1n) is 7.19. The van der Waals surface area contributed by atoms with Gasteiger partial charge in [0, 0.05) is 0 Å². The van der Waals surface area contributed by atoms with Crippen molar-refractivity contribution in [2.75, 3.05) is 6.61 Å². The average molecular weight is 276 g/mol. The van der Waals surface area contributed by atoms with Crippen LogP contribution in [0, 0.1) is 0 Å². The Morgan fingerprint density at radius 2 is 1.65 bits per heavy atom. The quantitative estimate of drug-likeness (QED) is 0.791. The van der Waals surface area contributed by atoms with Gasteiger partial charge in [-0.05, 0) is 44.7 Å². The largest absolute Gasteiger partial charge is 0.462 e. The van der Waals surface area contributed by atoms with Crippen molar-refractivity contribution in [2.45, 2.75) is 45.1 Å². The molecule has 0 amide bonds. The van der Waals surface area contributed by atoms with Gasteiger partial charge in [-0.3, -0.25) is 0 Å². The zero-order chi connectivity index (χ0) is 14.4. The van der Waals surface area contributed by atoms with Crippen molar-refractivity contribution in [3.05, 3.63) is 35.4 Å². The second-order valence-corrected chi connectivity index (χ2v) is 4.93. The van der Waals surface area contributed by atoms with Crippen LogP contribution >= 0.6 is 0 Å². The summed E-state index contributed by atoms with van der Waals surface area (Å²) in [6, 6.07) is 6.64. The van der Waals surface area contributed by atoms with E-state index in [1.807, 2.05) is 0 Å². The fourth-order valence-corrected chi connectivity index (χ4v) is 2.45. The first kappa shape index (κ1) is 14.6. The highest BCUT2D eigenvalue weighted by Gasteiger charge is 2.23. The summed E-state index contributed by atoms with van der Waals surface area (Å²) in [4.78, 5) is 24.0. The molecule has 1 fully saturated rings. The Hall–Kier alpha value is -1.84. The van der Waals surface area contributed by atoms with E-state index >= 15 is 0 Å². The highest BCUT2D eigenvalue weighted by atomic mass is 16.5. The number of carbonyl (C=O) groups excluding carboxylic acids is 2. The molecule has 0 heterocycles. The van der Waals surface area contributed by atoms with E-state index in [1.165, 1.54) is 6.42 Å². The van der Waals surface area contributed by atoms with E-state index in [-0.39, 0.29) is 23.8 Å². The monoisotopic (exact) mass is 276 g/mol. The van der Waals surface area contributed by atoms with Gasteiger partial charge >= 0.3 is 11.9 Å². The first-order chi connectivity index (χ1) is 9.72. The van der Waals surface area contributed by atoms with E-state index in [4.69, 9.17) is 9.47 Å². The topological polar surface area (TPSA) is 52.6 Å². The van der Waals surface area contributed by atoms with Crippen LogP contribution in [0.5, 0.6) is 0 Å². The molecule has 0 bridgehead atoms. The summed E-state index contributed by atoms with van der Waals surface area (Å²) in [6.07, 6.45) is 5.19. The van der Waals surface area contributed by atoms with Gasteiger partial charge in [-0.25, -0.2) is 9.59 Å². The molecule has 0 atom stereocenters. The molecule has 4 heteroatoms. The number of ether oxygens (including phenoxy) is 2. The van der Waals surface area contributed by atoms with Crippen LogP contribution in [0.25, 0.3) is 0 Å². The van der Waals surface area contributed by atoms with Gasteiger partial charge in [0.25, 0.3) is 0 Å². The van der Waals surface area contributed by atoms with Crippen molar-refractivity contribution in [2.24, 2.45) is 0 Å². The van der Waals surface area contributed by atoms with Crippen molar-refractivity contribution in [3.8, 4) is 0 Å². The molecule has 2 rings (SSSR count). The summed E-state index contributed by atoms with van der Waals surface area (Å²) in [5, 5.41) is 0. The van der Waals surface area contributed by atoms with Gasteiger partial charge in [0.05, 0.1) is 17.7 Å². The third-order valence-corrected chi connectivity index (χ3v) is 3.47. The molecule has 0 spiro atoms. The molecule has 108 valence electrons. The molecular weight excluding hydrogens is 256 g/mol. The van der Waals surface area contributed by atoms with Crippen LogP contribution < -0.4 is 0 Å². The lowest BCUT2D eigenvalue weighted by atomic mass is 9.97. The summed E-state index contributed by atoms with van der Waals surface area (Å²) in [7, 11) is 0. The predicted octanol–water partition coefficient (Wildman–Crippen LogP) is 3.35. The maximum Gasteiger partial charge on any atom is 0.339 e. The zero-order valence-corrected chi connectivity index (χ0v) is 11.8. The number of carbonyl (C=O) groups is 2. The minimum atomic E-state index is -0.483. The van der Waals surface area contributed by atoms with E-state index < -0.39 is 11.9 Å². The van der Waals surface area contributed by atoms with Crippen LogP contribution in [-0.2, 0) is 9.47 Å². The normalized spacial score (nSPS) is 15.7. The second-order valence-electron chi connectivity index (χ2n) is 4.93. The summed E-state index contributed by atoms with van der Waals surface area (Å²) < 4.78 is 10.5. The Kier molecular flexibility index (Phi) is 5.16. The van der Waals surface area contributed by atoms with Crippen LogP contribution in [0.15, 0.2) is 24.3 Å². The number of benzene rings is 1. The molecule has 0 unspecified atom stereocenters. The predicted molar refractivity (Wildman–Crippen MR) is 74.7 cm³/mol. The second kappa shape index (κ2) is 7.08. The van der Waals surface area contributed by atoms with E-state index in [1.54, 1.807) is 31.2 Å². The molecule has 1 aromatic rings. The van der Waals surface area contributed by atoms with Crippen LogP contribution in [0.1, 0.15) is 59.7 Å². The lowest BCUT2D eigenvalue weighted by molar-refractivity contribution is 0.0204. The van der Waals surface area contributed by atoms with E-state index in [0.29, 0.717) is 0 Å². The van der Waals surface area contributed by atoms with Gasteiger partial charge < -0.3 is 9.47 Å². The Morgan fingerprint density at radius 1 is 1.05 bits per heavy atom. The molecule has 0 aromatic heterocycles. The summed E-state index contributed by atoms with van der Waals surface area (Å²) >= 11 is 0. The summed E-state index contributed by atoms with van der Waals surface area (Å²) in [5.74, 6) is -0.913. The molecule has 1 aliphatic rings. The molecule has 0 aliphatic heterocycles. The van der Waals surface area contributed by atoms with E-state index in [2.05, 4.69) is 0 Å². The van der Waals surface area contributed by atoms with Crippen molar-refractivity contribution >= 4 is 11.9 Å². The number of rotatable bonds is 4. The minimum Gasteiger partial charge on any atom is -0.462 e. The Bertz CT molecular complexity index is 475. The maximum absolute atomic E-state index is 12.2. The SMILES string of the molecule is CCOC(=O)c1ccccc1C(=O)OC1CCCCC1. The fourth-order valence-electron chi connectivity index (χ4n) is 2.45. The molecule has 0 radical (unpaired) electrons. The van der Waals surface area contributed by atoms with Crippen LogP contribution in [0.4, 0.5) is 0 Å². The summed E-state index contributed by atoms with van der Waals surface area (Å²) in [6.45, 7) is 2.02. The molecule has 0 saturated heterocycles. The van der Waals surface area contributed by atoms with E-state index in [0.717, 1.165) is 25.7 Å². The molecule has 0 N–H and O–H groups in total. The van der Waals surface area contributed by atoms with Gasteiger partial charge in [0.15, 0.2) is 0 Å². The van der Waals surface area contributed by atoms with Crippen LogP contribution in [0.3, 0.4) is 0 Å². The Labute approximate surface area is 119 Å². The standard InChI is InChI=1S/C16H20O4/c1-2-19-15(17)13-10-6-7-11-14(13)16(18)20-12-8-4-3-5-9-12/h6-7,10-12H,2-5,8-9H2,1H3. The zero-order valence-electron chi connectivity index (χ0n) is 11.8. The van der Waals surface area contributed by atoms with Gasteiger partial charge in [-0.2, -0.15) is 0 Å². The Balaban J connectivity index is 2.10. The van der Waals surface area contributed by atoms with Crippen molar-refractivity contribution in [1.29, 1.82) is 0 Å². The molecule has 4 nitrogen and oxygen atoms in total. The van der Waals surface area contributed by atoms with Crippen molar-refractivity contribution in [1.82, 2.24) is 0 Å². The Morgan fingerprint density at radius 3 is 2.25 bits per heavy atom. The minimum absolute atomic E-state index is 0.0218. The van der Waals surface area contributed by atoms with Crippen LogP contribution in [0.2, 0.25) is 0 Å². The van der Waals surface area contributed by atoms with Crippen molar-refractivity contribution < 1.29 is 19.1 Å². The highest BCUT2D eigenvalue weighted by molar-refractivity contribution is 6.03.